The Bertz CT molecular complexity index is 353. The number of aromatic amines is 1. The van der Waals surface area contributed by atoms with Gasteiger partial charge in [0.25, 0.3) is 0 Å². The fourth-order valence-electron chi connectivity index (χ4n) is 1.69. The summed E-state index contributed by atoms with van der Waals surface area (Å²) in [7, 11) is 0. The maximum absolute atomic E-state index is 11.4. The second-order valence-electron chi connectivity index (χ2n) is 3.16. The van der Waals surface area contributed by atoms with Crippen LogP contribution >= 0.6 is 0 Å². The Hall–Kier alpha value is -1.23. The number of aryl methyl sites for hydroxylation is 1. The number of nitrogens with one attached hydrogen (secondary N) is 2. The molecular weight excluding hydrogens is 170 g/mol. The Balaban J connectivity index is 2.42. The molecule has 1 aromatic rings. The van der Waals surface area contributed by atoms with Gasteiger partial charge in [-0.15, -0.1) is 0 Å². The van der Waals surface area contributed by atoms with Crippen LogP contribution in [-0.4, -0.2) is 27.8 Å². The molecule has 1 aliphatic rings. The smallest absolute Gasteiger partial charge is 0.327 e. The van der Waals surface area contributed by atoms with Gasteiger partial charge in [0.2, 0.25) is 0 Å². The zero-order valence-electron chi connectivity index (χ0n) is 7.34. The Morgan fingerprint density at radius 1 is 1.54 bits per heavy atom. The van der Waals surface area contributed by atoms with Crippen molar-refractivity contribution in [3.8, 4) is 0 Å². The van der Waals surface area contributed by atoms with Gasteiger partial charge in [0.05, 0.1) is 18.8 Å². The predicted octanol–water partition coefficient (Wildman–Crippen LogP) is -0.473. The van der Waals surface area contributed by atoms with Crippen LogP contribution in [0.2, 0.25) is 0 Å². The van der Waals surface area contributed by atoms with Crippen LogP contribution < -0.4 is 11.0 Å². The highest BCUT2D eigenvalue weighted by molar-refractivity contribution is 5.43. The lowest BCUT2D eigenvalue weighted by molar-refractivity contribution is 0.275. The van der Waals surface area contributed by atoms with E-state index in [0.29, 0.717) is 6.54 Å². The highest BCUT2D eigenvalue weighted by Gasteiger charge is 2.15. The largest absolute Gasteiger partial charge is 0.395 e. The SMILES string of the molecule is O=c1[nH]c2c(n1CCO)NCCC2. The average Bonchev–Trinajstić information content (AvgIpc) is 2.44. The number of hydrogen-bond donors (Lipinski definition) is 3. The lowest BCUT2D eigenvalue weighted by Crippen LogP contribution is -2.21. The summed E-state index contributed by atoms with van der Waals surface area (Å²) in [5, 5.41) is 11.9. The summed E-state index contributed by atoms with van der Waals surface area (Å²) in [5.74, 6) is 0.852. The lowest BCUT2D eigenvalue weighted by atomic mass is 10.2. The Morgan fingerprint density at radius 3 is 3.15 bits per heavy atom. The number of aromatic nitrogens is 2. The van der Waals surface area contributed by atoms with E-state index in [1.54, 1.807) is 4.57 Å². The van der Waals surface area contributed by atoms with E-state index in [1.165, 1.54) is 0 Å². The van der Waals surface area contributed by atoms with Gasteiger partial charge in [0, 0.05) is 6.54 Å². The van der Waals surface area contributed by atoms with Gasteiger partial charge < -0.3 is 15.4 Å². The number of hydrogen-bond acceptors (Lipinski definition) is 3. The van der Waals surface area contributed by atoms with Crippen LogP contribution in [-0.2, 0) is 13.0 Å². The normalized spacial score (nSPS) is 15.2. The lowest BCUT2D eigenvalue weighted by Gasteiger charge is -2.15. The van der Waals surface area contributed by atoms with Gasteiger partial charge in [0.15, 0.2) is 0 Å². The molecule has 0 saturated carbocycles. The first-order valence-electron chi connectivity index (χ1n) is 4.49. The van der Waals surface area contributed by atoms with Gasteiger partial charge >= 0.3 is 5.69 Å². The van der Waals surface area contributed by atoms with Crippen LogP contribution in [0.25, 0.3) is 0 Å². The Kier molecular flexibility index (Phi) is 2.10. The molecule has 1 aliphatic heterocycles. The van der Waals surface area contributed by atoms with Crippen molar-refractivity contribution in [1.82, 2.24) is 9.55 Å². The number of imidazole rings is 1. The van der Waals surface area contributed by atoms with Gasteiger partial charge in [-0.1, -0.05) is 0 Å². The maximum Gasteiger partial charge on any atom is 0.327 e. The Morgan fingerprint density at radius 2 is 2.38 bits per heavy atom. The van der Waals surface area contributed by atoms with Gasteiger partial charge in [-0.3, -0.25) is 4.57 Å². The van der Waals surface area contributed by atoms with E-state index in [0.717, 1.165) is 30.9 Å². The molecular formula is C8H13N3O2. The highest BCUT2D eigenvalue weighted by atomic mass is 16.3. The third-order valence-electron chi connectivity index (χ3n) is 2.28. The fourth-order valence-corrected chi connectivity index (χ4v) is 1.69. The van der Waals surface area contributed by atoms with E-state index >= 15 is 0 Å². The molecule has 3 N–H and O–H groups in total. The molecule has 0 aliphatic carbocycles. The summed E-state index contributed by atoms with van der Waals surface area (Å²) in [5.41, 5.74) is 0.832. The van der Waals surface area contributed by atoms with Crippen LogP contribution in [0.15, 0.2) is 4.79 Å². The minimum absolute atomic E-state index is 0.00806. The molecule has 13 heavy (non-hydrogen) atoms. The molecule has 0 spiro atoms. The van der Waals surface area contributed by atoms with Crippen molar-refractivity contribution in [3.05, 3.63) is 16.2 Å². The summed E-state index contributed by atoms with van der Waals surface area (Å²) in [6.45, 7) is 1.25. The highest BCUT2D eigenvalue weighted by Crippen LogP contribution is 2.17. The first kappa shape index (κ1) is 8.37. The summed E-state index contributed by atoms with van der Waals surface area (Å²) < 4.78 is 1.55. The van der Waals surface area contributed by atoms with E-state index in [2.05, 4.69) is 10.3 Å². The van der Waals surface area contributed by atoms with Gasteiger partial charge in [0.1, 0.15) is 5.82 Å². The molecule has 5 nitrogen and oxygen atoms in total. The van der Waals surface area contributed by atoms with Crippen LogP contribution in [0, 0.1) is 0 Å². The van der Waals surface area contributed by atoms with E-state index in [4.69, 9.17) is 5.11 Å². The van der Waals surface area contributed by atoms with Gasteiger partial charge in [-0.2, -0.15) is 0 Å². The molecule has 0 unspecified atom stereocenters. The van der Waals surface area contributed by atoms with Crippen molar-refractivity contribution in [2.24, 2.45) is 0 Å². The van der Waals surface area contributed by atoms with E-state index < -0.39 is 0 Å². The second-order valence-corrected chi connectivity index (χ2v) is 3.16. The molecule has 2 rings (SSSR count). The van der Waals surface area contributed by atoms with Crippen LogP contribution in [0.5, 0.6) is 0 Å². The van der Waals surface area contributed by atoms with Crippen molar-refractivity contribution >= 4 is 5.82 Å². The summed E-state index contributed by atoms with van der Waals surface area (Å²) in [4.78, 5) is 14.1. The molecule has 0 fully saturated rings. The minimum Gasteiger partial charge on any atom is -0.395 e. The quantitative estimate of drug-likeness (QED) is 0.580. The van der Waals surface area contributed by atoms with Gasteiger partial charge in [-0.25, -0.2) is 4.79 Å². The van der Waals surface area contributed by atoms with E-state index in [-0.39, 0.29) is 12.3 Å². The first-order chi connectivity index (χ1) is 6.33. The number of anilines is 1. The summed E-state index contributed by atoms with van der Waals surface area (Å²) in [6.07, 6.45) is 1.96. The number of H-pyrrole nitrogens is 1. The first-order valence-corrected chi connectivity index (χ1v) is 4.49. The molecule has 1 aromatic heterocycles. The third kappa shape index (κ3) is 1.35. The molecule has 0 amide bonds. The summed E-state index contributed by atoms with van der Waals surface area (Å²) >= 11 is 0. The van der Waals surface area contributed by atoms with Crippen molar-refractivity contribution in [2.45, 2.75) is 19.4 Å². The van der Waals surface area contributed by atoms with E-state index in [9.17, 15) is 4.79 Å². The van der Waals surface area contributed by atoms with Crippen molar-refractivity contribution < 1.29 is 5.11 Å². The zero-order valence-corrected chi connectivity index (χ0v) is 7.34. The standard InChI is InChI=1S/C8H13N3O2/c12-5-4-11-7-6(10-8(11)13)2-1-3-9-7/h9,12H,1-5H2,(H,10,13). The number of nitrogens with zero attached hydrogens (tertiary/aromatic N) is 1. The van der Waals surface area contributed by atoms with Crippen molar-refractivity contribution in [1.29, 1.82) is 0 Å². The number of fused-ring (bicyclic) bond motifs is 1. The van der Waals surface area contributed by atoms with E-state index in [1.807, 2.05) is 0 Å². The number of aliphatic hydroxyl groups excluding tert-OH is 1. The van der Waals surface area contributed by atoms with Crippen LogP contribution in [0.4, 0.5) is 5.82 Å². The predicted molar refractivity (Wildman–Crippen MR) is 48.9 cm³/mol. The molecule has 5 heteroatoms. The second kappa shape index (κ2) is 3.26. The molecule has 0 bridgehead atoms. The number of aliphatic hydroxyl groups is 1. The average molecular weight is 183 g/mol. The molecule has 0 aromatic carbocycles. The monoisotopic (exact) mass is 183 g/mol. The van der Waals surface area contributed by atoms with Crippen LogP contribution in [0.1, 0.15) is 12.1 Å². The maximum atomic E-state index is 11.4. The fraction of sp³-hybridized carbons (Fsp3) is 0.625. The topological polar surface area (TPSA) is 70.0 Å². The molecule has 0 atom stereocenters. The Labute approximate surface area is 75.4 Å². The van der Waals surface area contributed by atoms with Crippen molar-refractivity contribution in [2.75, 3.05) is 18.5 Å². The molecule has 2 heterocycles. The summed E-state index contributed by atoms with van der Waals surface area (Å²) in [6, 6.07) is 0. The number of rotatable bonds is 2. The molecule has 0 radical (unpaired) electrons. The molecule has 72 valence electrons. The third-order valence-corrected chi connectivity index (χ3v) is 2.28. The minimum atomic E-state index is -0.131. The molecule has 0 saturated heterocycles. The zero-order chi connectivity index (χ0) is 9.26. The van der Waals surface area contributed by atoms with Crippen LogP contribution in [0.3, 0.4) is 0 Å². The van der Waals surface area contributed by atoms with Crippen molar-refractivity contribution in [3.63, 3.8) is 0 Å². The van der Waals surface area contributed by atoms with Gasteiger partial charge in [-0.05, 0) is 12.8 Å².